The number of carbonyl (C=O) groups excluding carboxylic acids is 2. The molecule has 2 aliphatic carbocycles. The van der Waals surface area contributed by atoms with E-state index in [9.17, 15) is 9.59 Å². The van der Waals surface area contributed by atoms with Crippen LogP contribution in [-0.2, 0) is 20.7 Å². The molecule has 0 unspecified atom stereocenters. The van der Waals surface area contributed by atoms with Gasteiger partial charge in [-0.3, -0.25) is 9.59 Å². The molecule has 3 rings (SSSR count). The lowest BCUT2D eigenvalue weighted by molar-refractivity contribution is -0.136. The predicted molar refractivity (Wildman–Crippen MR) is 91.4 cm³/mol. The highest BCUT2D eigenvalue weighted by molar-refractivity contribution is 5.89. The SMILES string of the molecule is C[C@@H](OCC1CC1)C(=O)N[C@@H](Cc1ccccc1)C(=O)NC1CC1. The van der Waals surface area contributed by atoms with Gasteiger partial charge in [0.05, 0.1) is 6.61 Å². The standard InChI is InChI=1S/C19H26N2O3/c1-13(24-12-15-7-8-15)18(22)21-17(19(23)20-16-9-10-16)11-14-5-3-2-4-6-14/h2-6,13,15-17H,7-12H2,1H3,(H,20,23)(H,21,22)/t13-,17+/m1/s1. The molecule has 130 valence electrons. The first-order valence-electron chi connectivity index (χ1n) is 8.88. The van der Waals surface area contributed by atoms with Gasteiger partial charge in [-0.05, 0) is 44.1 Å². The molecule has 24 heavy (non-hydrogen) atoms. The van der Waals surface area contributed by atoms with Crippen molar-refractivity contribution in [2.75, 3.05) is 6.61 Å². The van der Waals surface area contributed by atoms with Crippen LogP contribution in [0.2, 0.25) is 0 Å². The summed E-state index contributed by atoms with van der Waals surface area (Å²) in [5, 5.41) is 5.85. The van der Waals surface area contributed by atoms with Crippen molar-refractivity contribution in [2.24, 2.45) is 5.92 Å². The van der Waals surface area contributed by atoms with Gasteiger partial charge in [0, 0.05) is 12.5 Å². The Morgan fingerprint density at radius 3 is 2.46 bits per heavy atom. The maximum Gasteiger partial charge on any atom is 0.249 e. The summed E-state index contributed by atoms with van der Waals surface area (Å²) in [6, 6.07) is 9.47. The van der Waals surface area contributed by atoms with Crippen LogP contribution in [0.1, 0.15) is 38.2 Å². The first-order valence-corrected chi connectivity index (χ1v) is 8.88. The highest BCUT2D eigenvalue weighted by Crippen LogP contribution is 2.29. The van der Waals surface area contributed by atoms with Gasteiger partial charge >= 0.3 is 0 Å². The molecule has 1 aromatic carbocycles. The Morgan fingerprint density at radius 1 is 1.12 bits per heavy atom. The van der Waals surface area contributed by atoms with Gasteiger partial charge in [-0.1, -0.05) is 30.3 Å². The smallest absolute Gasteiger partial charge is 0.249 e. The van der Waals surface area contributed by atoms with E-state index in [1.807, 2.05) is 30.3 Å². The molecule has 1 aromatic rings. The average molecular weight is 330 g/mol. The quantitative estimate of drug-likeness (QED) is 0.726. The maximum absolute atomic E-state index is 12.5. The van der Waals surface area contributed by atoms with E-state index in [2.05, 4.69) is 10.6 Å². The van der Waals surface area contributed by atoms with Crippen LogP contribution in [0.3, 0.4) is 0 Å². The lowest BCUT2D eigenvalue weighted by Crippen LogP contribution is -2.51. The summed E-state index contributed by atoms with van der Waals surface area (Å²) >= 11 is 0. The fourth-order valence-electron chi connectivity index (χ4n) is 2.52. The summed E-state index contributed by atoms with van der Waals surface area (Å²) in [6.07, 6.45) is 4.39. The summed E-state index contributed by atoms with van der Waals surface area (Å²) in [6.45, 7) is 2.38. The molecule has 0 spiro atoms. The number of hydrogen-bond acceptors (Lipinski definition) is 3. The second-order valence-corrected chi connectivity index (χ2v) is 6.95. The highest BCUT2D eigenvalue weighted by atomic mass is 16.5. The Morgan fingerprint density at radius 2 is 1.83 bits per heavy atom. The van der Waals surface area contributed by atoms with E-state index >= 15 is 0 Å². The Bertz CT molecular complexity index is 567. The number of benzene rings is 1. The van der Waals surface area contributed by atoms with E-state index in [0.717, 1.165) is 18.4 Å². The van der Waals surface area contributed by atoms with Crippen molar-refractivity contribution in [1.82, 2.24) is 10.6 Å². The first-order chi connectivity index (χ1) is 11.6. The summed E-state index contributed by atoms with van der Waals surface area (Å²) in [4.78, 5) is 24.8. The molecule has 2 amide bonds. The van der Waals surface area contributed by atoms with E-state index in [1.54, 1.807) is 6.92 Å². The highest BCUT2D eigenvalue weighted by Gasteiger charge is 2.30. The van der Waals surface area contributed by atoms with E-state index in [4.69, 9.17) is 4.74 Å². The summed E-state index contributed by atoms with van der Waals surface area (Å²) in [5.74, 6) is 0.283. The van der Waals surface area contributed by atoms with Gasteiger partial charge in [0.25, 0.3) is 0 Å². The van der Waals surface area contributed by atoms with Crippen LogP contribution in [-0.4, -0.2) is 36.6 Å². The van der Waals surface area contributed by atoms with Gasteiger partial charge in [0.15, 0.2) is 0 Å². The first kappa shape index (κ1) is 17.0. The van der Waals surface area contributed by atoms with Gasteiger partial charge in [-0.25, -0.2) is 0 Å². The van der Waals surface area contributed by atoms with Crippen molar-refractivity contribution in [3.8, 4) is 0 Å². The summed E-state index contributed by atoms with van der Waals surface area (Å²) < 4.78 is 5.61. The van der Waals surface area contributed by atoms with Gasteiger partial charge in [-0.2, -0.15) is 0 Å². The minimum atomic E-state index is -0.563. The molecule has 5 nitrogen and oxygen atoms in total. The van der Waals surface area contributed by atoms with Crippen LogP contribution < -0.4 is 10.6 Å². The second-order valence-electron chi connectivity index (χ2n) is 6.95. The number of amides is 2. The van der Waals surface area contributed by atoms with Crippen LogP contribution in [0, 0.1) is 5.92 Å². The Kier molecular flexibility index (Phi) is 5.51. The number of rotatable bonds is 9. The van der Waals surface area contributed by atoms with E-state index < -0.39 is 12.1 Å². The zero-order valence-corrected chi connectivity index (χ0v) is 14.2. The molecule has 2 fully saturated rings. The summed E-state index contributed by atoms with van der Waals surface area (Å²) in [7, 11) is 0. The lowest BCUT2D eigenvalue weighted by atomic mass is 10.0. The van der Waals surface area contributed by atoms with Crippen molar-refractivity contribution >= 4 is 11.8 Å². The molecule has 0 heterocycles. The van der Waals surface area contributed by atoms with Crippen LogP contribution in [0.25, 0.3) is 0 Å². The Labute approximate surface area is 143 Å². The molecule has 0 aliphatic heterocycles. The van der Waals surface area contributed by atoms with Gasteiger partial charge < -0.3 is 15.4 Å². The molecule has 2 atom stereocenters. The topological polar surface area (TPSA) is 67.4 Å². The fraction of sp³-hybridized carbons (Fsp3) is 0.579. The largest absolute Gasteiger partial charge is 0.368 e. The third-order valence-electron chi connectivity index (χ3n) is 4.49. The Hall–Kier alpha value is -1.88. The normalized spacial score (nSPS) is 19.4. The number of ether oxygens (including phenoxy) is 1. The fourth-order valence-corrected chi connectivity index (χ4v) is 2.52. The van der Waals surface area contributed by atoms with Gasteiger partial charge in [0.1, 0.15) is 12.1 Å². The number of hydrogen-bond donors (Lipinski definition) is 2. The van der Waals surface area contributed by atoms with E-state index in [0.29, 0.717) is 18.9 Å². The van der Waals surface area contributed by atoms with Gasteiger partial charge in [-0.15, -0.1) is 0 Å². The van der Waals surface area contributed by atoms with Crippen LogP contribution in [0.4, 0.5) is 0 Å². The van der Waals surface area contributed by atoms with E-state index in [-0.39, 0.29) is 17.9 Å². The monoisotopic (exact) mass is 330 g/mol. The van der Waals surface area contributed by atoms with Crippen LogP contribution in [0.5, 0.6) is 0 Å². The van der Waals surface area contributed by atoms with Crippen molar-refractivity contribution in [3.05, 3.63) is 35.9 Å². The number of carbonyl (C=O) groups is 2. The van der Waals surface area contributed by atoms with Crippen molar-refractivity contribution in [1.29, 1.82) is 0 Å². The molecule has 2 N–H and O–H groups in total. The molecule has 0 radical (unpaired) electrons. The zero-order valence-electron chi connectivity index (χ0n) is 14.2. The molecular formula is C19H26N2O3. The second kappa shape index (κ2) is 7.79. The maximum atomic E-state index is 12.5. The minimum Gasteiger partial charge on any atom is -0.368 e. The molecular weight excluding hydrogens is 304 g/mol. The zero-order chi connectivity index (χ0) is 16.9. The van der Waals surface area contributed by atoms with Crippen LogP contribution >= 0.6 is 0 Å². The summed E-state index contributed by atoms with van der Waals surface area (Å²) in [5.41, 5.74) is 1.03. The Balaban J connectivity index is 1.56. The molecule has 0 bridgehead atoms. The van der Waals surface area contributed by atoms with Crippen LogP contribution in [0.15, 0.2) is 30.3 Å². The molecule has 5 heteroatoms. The number of nitrogens with one attached hydrogen (secondary N) is 2. The van der Waals surface area contributed by atoms with Crippen molar-refractivity contribution < 1.29 is 14.3 Å². The van der Waals surface area contributed by atoms with E-state index in [1.165, 1.54) is 12.8 Å². The molecule has 0 saturated heterocycles. The van der Waals surface area contributed by atoms with Crippen molar-refractivity contribution in [2.45, 2.75) is 57.2 Å². The van der Waals surface area contributed by atoms with Gasteiger partial charge in [0.2, 0.25) is 11.8 Å². The molecule has 2 saturated carbocycles. The molecule has 2 aliphatic rings. The third kappa shape index (κ3) is 5.34. The van der Waals surface area contributed by atoms with Crippen molar-refractivity contribution in [3.63, 3.8) is 0 Å². The third-order valence-corrected chi connectivity index (χ3v) is 4.49. The minimum absolute atomic E-state index is 0.107. The lowest BCUT2D eigenvalue weighted by Gasteiger charge is -2.21. The molecule has 0 aromatic heterocycles. The predicted octanol–water partition coefficient (Wildman–Crippen LogP) is 1.81. The average Bonchev–Trinajstić information content (AvgIpc) is 3.48.